The number of hydrogen-bond acceptors (Lipinski definition) is 2. The van der Waals surface area contributed by atoms with Crippen molar-refractivity contribution in [2.45, 2.75) is 19.6 Å². The Labute approximate surface area is 85.0 Å². The van der Waals surface area contributed by atoms with Gasteiger partial charge in [-0.05, 0) is 12.1 Å². The lowest BCUT2D eigenvalue weighted by Gasteiger charge is -2.01. The van der Waals surface area contributed by atoms with E-state index in [9.17, 15) is 8.78 Å². The first-order chi connectivity index (χ1) is 7.22. The zero-order valence-corrected chi connectivity index (χ0v) is 7.90. The number of rotatable bonds is 3. The summed E-state index contributed by atoms with van der Waals surface area (Å²) in [4.78, 5) is 4.02. The summed E-state index contributed by atoms with van der Waals surface area (Å²) >= 11 is 0. The first-order valence-corrected chi connectivity index (χ1v) is 4.54. The van der Waals surface area contributed by atoms with E-state index in [-0.39, 0.29) is 6.61 Å². The third-order valence-corrected chi connectivity index (χ3v) is 2.22. The maximum atomic E-state index is 12.3. The SMILES string of the molecule is OCc1cn(CC(F)F)c2ncccc12. The van der Waals surface area contributed by atoms with Crippen LogP contribution in [0.5, 0.6) is 0 Å². The summed E-state index contributed by atoms with van der Waals surface area (Å²) < 4.78 is 25.9. The summed E-state index contributed by atoms with van der Waals surface area (Å²) in [5.74, 6) is 0. The molecule has 2 aromatic heterocycles. The Balaban J connectivity index is 2.55. The van der Waals surface area contributed by atoms with Crippen molar-refractivity contribution in [3.8, 4) is 0 Å². The highest BCUT2D eigenvalue weighted by atomic mass is 19.3. The van der Waals surface area contributed by atoms with Gasteiger partial charge < -0.3 is 9.67 Å². The van der Waals surface area contributed by atoms with Gasteiger partial charge in [-0.15, -0.1) is 0 Å². The van der Waals surface area contributed by atoms with Crippen LogP contribution in [0.2, 0.25) is 0 Å². The summed E-state index contributed by atoms with van der Waals surface area (Å²) in [6.07, 6.45) is 0.643. The second-order valence-electron chi connectivity index (χ2n) is 3.23. The van der Waals surface area contributed by atoms with Gasteiger partial charge in [-0.2, -0.15) is 0 Å². The van der Waals surface area contributed by atoms with Gasteiger partial charge >= 0.3 is 0 Å². The number of pyridine rings is 1. The van der Waals surface area contributed by atoms with Gasteiger partial charge in [0.15, 0.2) is 0 Å². The van der Waals surface area contributed by atoms with Gasteiger partial charge in [0.05, 0.1) is 13.2 Å². The minimum absolute atomic E-state index is 0.168. The third-order valence-electron chi connectivity index (χ3n) is 2.22. The highest BCUT2D eigenvalue weighted by molar-refractivity contribution is 5.80. The van der Waals surface area contributed by atoms with Crippen molar-refractivity contribution in [2.75, 3.05) is 0 Å². The highest BCUT2D eigenvalue weighted by Gasteiger charge is 2.11. The zero-order chi connectivity index (χ0) is 10.8. The Morgan fingerprint density at radius 1 is 1.47 bits per heavy atom. The average molecular weight is 212 g/mol. The van der Waals surface area contributed by atoms with E-state index < -0.39 is 13.0 Å². The number of aromatic nitrogens is 2. The molecule has 1 N–H and O–H groups in total. The second kappa shape index (κ2) is 3.94. The number of fused-ring (bicyclic) bond motifs is 1. The Morgan fingerprint density at radius 2 is 2.27 bits per heavy atom. The van der Waals surface area contributed by atoms with Crippen LogP contribution in [0.25, 0.3) is 11.0 Å². The van der Waals surface area contributed by atoms with Crippen molar-refractivity contribution in [2.24, 2.45) is 0 Å². The summed E-state index contributed by atoms with van der Waals surface area (Å²) in [7, 11) is 0. The topological polar surface area (TPSA) is 38.0 Å². The molecule has 2 rings (SSSR count). The van der Waals surface area contributed by atoms with E-state index in [4.69, 9.17) is 5.11 Å². The van der Waals surface area contributed by atoms with E-state index in [0.29, 0.717) is 11.2 Å². The standard InChI is InChI=1S/C10H10F2N2O/c11-9(12)5-14-4-7(6-15)8-2-1-3-13-10(8)14/h1-4,9,15H,5-6H2. The fourth-order valence-electron chi connectivity index (χ4n) is 1.61. The molecule has 0 bridgehead atoms. The monoisotopic (exact) mass is 212 g/mol. The summed E-state index contributed by atoms with van der Waals surface area (Å²) in [5, 5.41) is 9.78. The van der Waals surface area contributed by atoms with Crippen LogP contribution >= 0.6 is 0 Å². The maximum absolute atomic E-state index is 12.3. The molecule has 0 atom stereocenters. The number of aliphatic hydroxyl groups excluding tert-OH is 1. The molecule has 0 fully saturated rings. The number of nitrogens with zero attached hydrogens (tertiary/aromatic N) is 2. The number of aliphatic hydroxyl groups is 1. The van der Waals surface area contributed by atoms with Gasteiger partial charge in [-0.25, -0.2) is 13.8 Å². The predicted molar refractivity (Wildman–Crippen MR) is 51.7 cm³/mol. The van der Waals surface area contributed by atoms with Gasteiger partial charge in [-0.1, -0.05) is 0 Å². The molecule has 0 radical (unpaired) electrons. The molecule has 80 valence electrons. The zero-order valence-electron chi connectivity index (χ0n) is 7.90. The molecule has 0 saturated carbocycles. The van der Waals surface area contributed by atoms with E-state index in [2.05, 4.69) is 4.98 Å². The molecule has 0 aliphatic rings. The van der Waals surface area contributed by atoms with E-state index >= 15 is 0 Å². The van der Waals surface area contributed by atoms with Crippen LogP contribution in [0.1, 0.15) is 5.56 Å². The van der Waals surface area contributed by atoms with Crippen molar-refractivity contribution >= 4 is 11.0 Å². The van der Waals surface area contributed by atoms with Crippen LogP contribution in [-0.2, 0) is 13.2 Å². The van der Waals surface area contributed by atoms with Crippen LogP contribution in [0.15, 0.2) is 24.5 Å². The number of hydrogen-bond donors (Lipinski definition) is 1. The van der Waals surface area contributed by atoms with Crippen LogP contribution < -0.4 is 0 Å². The van der Waals surface area contributed by atoms with Crippen LogP contribution in [0.4, 0.5) is 8.78 Å². The smallest absolute Gasteiger partial charge is 0.256 e. The van der Waals surface area contributed by atoms with E-state index in [1.54, 1.807) is 18.3 Å². The largest absolute Gasteiger partial charge is 0.392 e. The van der Waals surface area contributed by atoms with Gasteiger partial charge in [0.1, 0.15) is 5.65 Å². The lowest BCUT2D eigenvalue weighted by Crippen LogP contribution is -2.05. The Bertz CT molecular complexity index is 467. The normalized spacial score (nSPS) is 11.5. The first-order valence-electron chi connectivity index (χ1n) is 4.54. The predicted octanol–water partition coefficient (Wildman–Crippen LogP) is 1.79. The molecule has 2 heterocycles. The molecule has 0 aliphatic carbocycles. The Morgan fingerprint density at radius 3 is 2.93 bits per heavy atom. The minimum Gasteiger partial charge on any atom is -0.392 e. The number of halogens is 2. The summed E-state index contributed by atoms with van der Waals surface area (Å²) in [6, 6.07) is 3.48. The summed E-state index contributed by atoms with van der Waals surface area (Å²) in [6.45, 7) is -0.564. The maximum Gasteiger partial charge on any atom is 0.256 e. The molecule has 0 spiro atoms. The Hall–Kier alpha value is -1.49. The molecule has 3 nitrogen and oxygen atoms in total. The molecule has 5 heteroatoms. The molecule has 0 unspecified atom stereocenters. The van der Waals surface area contributed by atoms with Gasteiger partial charge in [0.2, 0.25) is 0 Å². The molecule has 0 aromatic carbocycles. The van der Waals surface area contributed by atoms with Gasteiger partial charge in [-0.3, -0.25) is 0 Å². The molecule has 0 saturated heterocycles. The van der Waals surface area contributed by atoms with Crippen molar-refractivity contribution in [1.82, 2.24) is 9.55 Å². The van der Waals surface area contributed by atoms with Crippen molar-refractivity contribution < 1.29 is 13.9 Å². The minimum atomic E-state index is -2.42. The average Bonchev–Trinajstić information content (AvgIpc) is 2.56. The molecule has 0 amide bonds. The van der Waals surface area contributed by atoms with Crippen LogP contribution in [-0.4, -0.2) is 21.1 Å². The lowest BCUT2D eigenvalue weighted by atomic mass is 10.2. The third kappa shape index (κ3) is 1.83. The van der Waals surface area contributed by atoms with Crippen LogP contribution in [0.3, 0.4) is 0 Å². The van der Waals surface area contributed by atoms with Crippen molar-refractivity contribution in [3.05, 3.63) is 30.1 Å². The van der Waals surface area contributed by atoms with Crippen LogP contribution in [0, 0.1) is 0 Å². The molecular weight excluding hydrogens is 202 g/mol. The quantitative estimate of drug-likeness (QED) is 0.842. The Kier molecular flexibility index (Phi) is 2.64. The molecular formula is C10H10F2N2O. The fourth-order valence-corrected chi connectivity index (χ4v) is 1.61. The first kappa shape index (κ1) is 10.0. The second-order valence-corrected chi connectivity index (χ2v) is 3.23. The molecule has 15 heavy (non-hydrogen) atoms. The molecule has 0 aliphatic heterocycles. The molecule has 2 aromatic rings. The van der Waals surface area contributed by atoms with Gasteiger partial charge in [0.25, 0.3) is 6.43 Å². The lowest BCUT2D eigenvalue weighted by molar-refractivity contribution is 0.128. The van der Waals surface area contributed by atoms with Crippen molar-refractivity contribution in [3.63, 3.8) is 0 Å². The highest BCUT2D eigenvalue weighted by Crippen LogP contribution is 2.19. The van der Waals surface area contributed by atoms with E-state index in [1.165, 1.54) is 10.8 Å². The fraction of sp³-hybridized carbons (Fsp3) is 0.300. The number of alkyl halides is 2. The van der Waals surface area contributed by atoms with E-state index in [0.717, 1.165) is 5.39 Å². The van der Waals surface area contributed by atoms with Crippen molar-refractivity contribution in [1.29, 1.82) is 0 Å². The summed E-state index contributed by atoms with van der Waals surface area (Å²) in [5.41, 5.74) is 1.11. The van der Waals surface area contributed by atoms with Gasteiger partial charge in [0, 0.05) is 23.3 Å². The van der Waals surface area contributed by atoms with E-state index in [1.807, 2.05) is 0 Å².